The van der Waals surface area contributed by atoms with Crippen LogP contribution in [0.5, 0.6) is 11.5 Å². The molecule has 1 aliphatic rings. The summed E-state index contributed by atoms with van der Waals surface area (Å²) in [5.74, 6) is 0.843. The fraction of sp³-hybridized carbons (Fsp3) is 0.588. The van der Waals surface area contributed by atoms with Crippen molar-refractivity contribution in [2.45, 2.75) is 45.1 Å². The van der Waals surface area contributed by atoms with Gasteiger partial charge in [0.1, 0.15) is 0 Å². The molecule has 0 aromatic heterocycles. The van der Waals surface area contributed by atoms with E-state index in [0.717, 1.165) is 12.8 Å². The average Bonchev–Trinajstić information content (AvgIpc) is 2.60. The number of benzene rings is 1. The molecule has 0 saturated heterocycles. The molecular formula is C17H24N2O5. The van der Waals surface area contributed by atoms with E-state index in [1.807, 2.05) is 0 Å². The summed E-state index contributed by atoms with van der Waals surface area (Å²) in [6.07, 6.45) is 5.25. The van der Waals surface area contributed by atoms with Crippen LogP contribution in [0.1, 0.15) is 39.0 Å². The van der Waals surface area contributed by atoms with Gasteiger partial charge in [-0.05, 0) is 31.7 Å². The summed E-state index contributed by atoms with van der Waals surface area (Å²) in [6, 6.07) is 4.06. The summed E-state index contributed by atoms with van der Waals surface area (Å²) in [6.45, 7) is 2.27. The molecule has 7 heteroatoms. The van der Waals surface area contributed by atoms with Gasteiger partial charge in [0.05, 0.1) is 18.1 Å². The number of carbonyl (C=O) groups excluding carboxylic acids is 1. The van der Waals surface area contributed by atoms with Gasteiger partial charge >= 0.3 is 0 Å². The van der Waals surface area contributed by atoms with Crippen molar-refractivity contribution in [3.63, 3.8) is 0 Å². The third-order valence-electron chi connectivity index (χ3n) is 4.32. The first kappa shape index (κ1) is 18.0. The summed E-state index contributed by atoms with van der Waals surface area (Å²) >= 11 is 0. The monoisotopic (exact) mass is 336 g/mol. The Balaban J connectivity index is 1.94. The van der Waals surface area contributed by atoms with E-state index in [2.05, 4.69) is 5.32 Å². The molecule has 1 aromatic carbocycles. The molecular weight excluding hydrogens is 312 g/mol. The van der Waals surface area contributed by atoms with Crippen LogP contribution < -0.4 is 14.8 Å². The fourth-order valence-corrected chi connectivity index (χ4v) is 2.89. The van der Waals surface area contributed by atoms with Crippen LogP contribution in [0, 0.1) is 16.0 Å². The molecule has 1 aromatic rings. The van der Waals surface area contributed by atoms with Crippen LogP contribution in [0.15, 0.2) is 18.2 Å². The largest absolute Gasteiger partial charge is 0.493 e. The summed E-state index contributed by atoms with van der Waals surface area (Å²) in [4.78, 5) is 22.6. The number of hydrogen-bond acceptors (Lipinski definition) is 5. The highest BCUT2D eigenvalue weighted by atomic mass is 16.6. The van der Waals surface area contributed by atoms with Gasteiger partial charge in [0, 0.05) is 12.6 Å². The predicted octanol–water partition coefficient (Wildman–Crippen LogP) is 3.07. The molecule has 0 spiro atoms. The summed E-state index contributed by atoms with van der Waals surface area (Å²) < 4.78 is 10.7. The number of ether oxygens (including phenoxy) is 2. The number of carbonyl (C=O) groups is 1. The Morgan fingerprint density at radius 1 is 1.33 bits per heavy atom. The second-order valence-electron chi connectivity index (χ2n) is 6.10. The number of nitrogens with one attached hydrogen (secondary N) is 1. The van der Waals surface area contributed by atoms with Gasteiger partial charge in [0.2, 0.25) is 0 Å². The first-order valence-electron chi connectivity index (χ1n) is 8.28. The van der Waals surface area contributed by atoms with Crippen LogP contribution in [0.2, 0.25) is 0 Å². The van der Waals surface area contributed by atoms with Gasteiger partial charge in [-0.15, -0.1) is 0 Å². The Hall–Kier alpha value is -2.31. The number of rotatable bonds is 7. The number of non-ortho nitro benzene ring substituents is 1. The van der Waals surface area contributed by atoms with Crippen molar-refractivity contribution in [2.75, 3.05) is 13.7 Å². The summed E-state index contributed by atoms with van der Waals surface area (Å²) in [5, 5.41) is 13.8. The highest BCUT2D eigenvalue weighted by molar-refractivity contribution is 5.80. The molecule has 0 radical (unpaired) electrons. The lowest BCUT2D eigenvalue weighted by Crippen LogP contribution is -2.39. The van der Waals surface area contributed by atoms with Crippen molar-refractivity contribution in [3.8, 4) is 11.5 Å². The SMILES string of the molecule is COc1ccc([N+](=O)[O-])cc1OC(C)C(=O)NCC1CCCCC1. The van der Waals surface area contributed by atoms with Crippen molar-refractivity contribution in [3.05, 3.63) is 28.3 Å². The molecule has 0 aliphatic heterocycles. The number of amides is 1. The standard InChI is InChI=1S/C17H24N2O5/c1-12(17(20)18-11-13-6-4-3-5-7-13)24-16-10-14(19(21)22)8-9-15(16)23-2/h8-10,12-13H,3-7,11H2,1-2H3,(H,18,20). The van der Waals surface area contributed by atoms with Crippen LogP contribution in [0.4, 0.5) is 5.69 Å². The van der Waals surface area contributed by atoms with Gasteiger partial charge < -0.3 is 14.8 Å². The molecule has 0 heterocycles. The Labute approximate surface area is 141 Å². The highest BCUT2D eigenvalue weighted by Gasteiger charge is 2.21. The third-order valence-corrected chi connectivity index (χ3v) is 4.32. The van der Waals surface area contributed by atoms with Crippen molar-refractivity contribution < 1.29 is 19.2 Å². The number of methoxy groups -OCH3 is 1. The Bertz CT molecular complexity index is 584. The first-order valence-corrected chi connectivity index (χ1v) is 8.28. The topological polar surface area (TPSA) is 90.7 Å². The van der Waals surface area contributed by atoms with Crippen LogP contribution in [0.25, 0.3) is 0 Å². The van der Waals surface area contributed by atoms with Crippen LogP contribution in [-0.4, -0.2) is 30.6 Å². The number of nitrogens with zero attached hydrogens (tertiary/aromatic N) is 1. The van der Waals surface area contributed by atoms with Gasteiger partial charge in [-0.25, -0.2) is 0 Å². The first-order chi connectivity index (χ1) is 11.5. The maximum absolute atomic E-state index is 12.2. The normalized spacial score (nSPS) is 16.2. The molecule has 0 bridgehead atoms. The molecule has 1 atom stereocenters. The van der Waals surface area contributed by atoms with Crippen molar-refractivity contribution >= 4 is 11.6 Å². The minimum atomic E-state index is -0.760. The number of hydrogen-bond donors (Lipinski definition) is 1. The van der Waals surface area contributed by atoms with Crippen LogP contribution in [-0.2, 0) is 4.79 Å². The van der Waals surface area contributed by atoms with E-state index in [4.69, 9.17) is 9.47 Å². The van der Waals surface area contributed by atoms with Gasteiger partial charge in [0.25, 0.3) is 11.6 Å². The lowest BCUT2D eigenvalue weighted by atomic mass is 9.89. The Morgan fingerprint density at radius 2 is 2.04 bits per heavy atom. The number of nitro groups is 1. The lowest BCUT2D eigenvalue weighted by molar-refractivity contribution is -0.385. The van der Waals surface area contributed by atoms with Gasteiger partial charge in [-0.2, -0.15) is 0 Å². The third kappa shape index (κ3) is 4.84. The van der Waals surface area contributed by atoms with Gasteiger partial charge in [-0.1, -0.05) is 19.3 Å². The van der Waals surface area contributed by atoms with Crippen molar-refractivity contribution in [1.29, 1.82) is 0 Å². The number of nitro benzene ring substituents is 1. The lowest BCUT2D eigenvalue weighted by Gasteiger charge is -2.23. The zero-order chi connectivity index (χ0) is 17.5. The molecule has 1 amide bonds. The van der Waals surface area contributed by atoms with E-state index in [9.17, 15) is 14.9 Å². The van der Waals surface area contributed by atoms with Gasteiger partial charge in [0.15, 0.2) is 17.6 Å². The van der Waals surface area contributed by atoms with Crippen LogP contribution >= 0.6 is 0 Å². The minimum Gasteiger partial charge on any atom is -0.493 e. The molecule has 1 fully saturated rings. The molecule has 24 heavy (non-hydrogen) atoms. The molecule has 1 aliphatic carbocycles. The Kier molecular flexibility index (Phi) is 6.40. The highest BCUT2D eigenvalue weighted by Crippen LogP contribution is 2.32. The molecule has 1 saturated carbocycles. The smallest absolute Gasteiger partial charge is 0.273 e. The maximum Gasteiger partial charge on any atom is 0.273 e. The molecule has 2 rings (SSSR count). The maximum atomic E-state index is 12.2. The van der Waals surface area contributed by atoms with Gasteiger partial charge in [-0.3, -0.25) is 14.9 Å². The summed E-state index contributed by atoms with van der Waals surface area (Å²) in [5.41, 5.74) is -0.111. The van der Waals surface area contributed by atoms with E-state index in [0.29, 0.717) is 18.2 Å². The zero-order valence-corrected chi connectivity index (χ0v) is 14.1. The summed E-state index contributed by atoms with van der Waals surface area (Å²) in [7, 11) is 1.45. The predicted molar refractivity (Wildman–Crippen MR) is 89.3 cm³/mol. The fourth-order valence-electron chi connectivity index (χ4n) is 2.89. The second-order valence-corrected chi connectivity index (χ2v) is 6.10. The molecule has 132 valence electrons. The second kappa shape index (κ2) is 8.52. The van der Waals surface area contributed by atoms with E-state index < -0.39 is 11.0 Å². The molecule has 1 N–H and O–H groups in total. The molecule has 7 nitrogen and oxygen atoms in total. The van der Waals surface area contributed by atoms with E-state index in [1.165, 1.54) is 44.6 Å². The average molecular weight is 336 g/mol. The quantitative estimate of drug-likeness (QED) is 0.610. The molecule has 1 unspecified atom stereocenters. The minimum absolute atomic E-state index is 0.111. The van der Waals surface area contributed by atoms with Crippen LogP contribution in [0.3, 0.4) is 0 Å². The van der Waals surface area contributed by atoms with E-state index in [1.54, 1.807) is 6.92 Å². The van der Waals surface area contributed by atoms with Crippen molar-refractivity contribution in [1.82, 2.24) is 5.32 Å². The van der Waals surface area contributed by atoms with E-state index >= 15 is 0 Å². The zero-order valence-electron chi connectivity index (χ0n) is 14.1. The Morgan fingerprint density at radius 3 is 2.67 bits per heavy atom. The van der Waals surface area contributed by atoms with Crippen molar-refractivity contribution in [2.24, 2.45) is 5.92 Å². The van der Waals surface area contributed by atoms with E-state index in [-0.39, 0.29) is 17.3 Å².